The number of nitrogens with one attached hydrogen (secondary N) is 1. The standard InChI is InChI=1S/C16H16N6OS/c1-22-7-5-19-16(22)24-8-6-18-15(23)13-10-20-14(21-11-13)12-3-2-4-17-9-12/h2-5,7,9-11H,6,8H2,1H3,(H,18,23). The quantitative estimate of drug-likeness (QED) is 0.544. The van der Waals surface area contributed by atoms with Gasteiger partial charge in [0.1, 0.15) is 0 Å². The summed E-state index contributed by atoms with van der Waals surface area (Å²) in [6, 6.07) is 3.69. The van der Waals surface area contributed by atoms with Crippen molar-refractivity contribution in [3.05, 3.63) is 54.9 Å². The Balaban J connectivity index is 1.51. The van der Waals surface area contributed by atoms with E-state index in [1.807, 2.05) is 29.9 Å². The maximum absolute atomic E-state index is 12.1. The Morgan fingerprint density at radius 1 is 1.21 bits per heavy atom. The number of pyridine rings is 1. The third-order valence-corrected chi connectivity index (χ3v) is 4.29. The van der Waals surface area contributed by atoms with Crippen LogP contribution in [0.15, 0.2) is 54.5 Å². The van der Waals surface area contributed by atoms with Gasteiger partial charge in [-0.05, 0) is 12.1 Å². The summed E-state index contributed by atoms with van der Waals surface area (Å²) in [6.07, 6.45) is 10.1. The number of carbonyl (C=O) groups excluding carboxylic acids is 1. The lowest BCUT2D eigenvalue weighted by atomic mass is 10.2. The van der Waals surface area contributed by atoms with Gasteiger partial charge in [0.15, 0.2) is 11.0 Å². The highest BCUT2D eigenvalue weighted by Gasteiger charge is 2.08. The Hall–Kier alpha value is -2.74. The largest absolute Gasteiger partial charge is 0.351 e. The molecule has 0 aromatic carbocycles. The van der Waals surface area contributed by atoms with Crippen LogP contribution in [0.4, 0.5) is 0 Å². The molecule has 7 nitrogen and oxygen atoms in total. The SMILES string of the molecule is Cn1ccnc1SCCNC(=O)c1cnc(-c2cccnc2)nc1. The molecule has 3 rings (SSSR count). The molecule has 3 aromatic rings. The van der Waals surface area contributed by atoms with E-state index in [1.54, 1.807) is 30.4 Å². The number of thioether (sulfide) groups is 1. The highest BCUT2D eigenvalue weighted by Crippen LogP contribution is 2.13. The Kier molecular flexibility index (Phi) is 5.17. The predicted octanol–water partition coefficient (Wildman–Crippen LogP) is 1.79. The molecule has 0 fully saturated rings. The van der Waals surface area contributed by atoms with Crippen LogP contribution in [0.3, 0.4) is 0 Å². The molecule has 0 saturated heterocycles. The van der Waals surface area contributed by atoms with Crippen molar-refractivity contribution in [1.82, 2.24) is 29.8 Å². The Labute approximate surface area is 143 Å². The van der Waals surface area contributed by atoms with Crippen LogP contribution in [0.25, 0.3) is 11.4 Å². The molecule has 0 aliphatic heterocycles. The number of carbonyl (C=O) groups is 1. The lowest BCUT2D eigenvalue weighted by Gasteiger charge is -2.05. The third-order valence-electron chi connectivity index (χ3n) is 3.23. The first-order valence-electron chi connectivity index (χ1n) is 7.35. The average Bonchev–Trinajstić information content (AvgIpc) is 3.04. The van der Waals surface area contributed by atoms with Crippen molar-refractivity contribution >= 4 is 17.7 Å². The zero-order valence-corrected chi connectivity index (χ0v) is 13.9. The summed E-state index contributed by atoms with van der Waals surface area (Å²) in [4.78, 5) is 28.8. The molecule has 0 unspecified atom stereocenters. The van der Waals surface area contributed by atoms with Crippen molar-refractivity contribution in [2.75, 3.05) is 12.3 Å². The molecule has 3 heterocycles. The van der Waals surface area contributed by atoms with Crippen LogP contribution >= 0.6 is 11.8 Å². The molecule has 24 heavy (non-hydrogen) atoms. The van der Waals surface area contributed by atoms with E-state index in [0.717, 1.165) is 16.5 Å². The van der Waals surface area contributed by atoms with Crippen molar-refractivity contribution in [2.45, 2.75) is 5.16 Å². The van der Waals surface area contributed by atoms with E-state index in [0.29, 0.717) is 17.9 Å². The summed E-state index contributed by atoms with van der Waals surface area (Å²) in [5, 5.41) is 3.78. The summed E-state index contributed by atoms with van der Waals surface area (Å²) in [5.41, 5.74) is 1.25. The van der Waals surface area contributed by atoms with Crippen LogP contribution < -0.4 is 5.32 Å². The second-order valence-corrected chi connectivity index (χ2v) is 6.02. The van der Waals surface area contributed by atoms with Gasteiger partial charge in [-0.25, -0.2) is 15.0 Å². The first-order chi connectivity index (χ1) is 11.7. The molecule has 0 saturated carbocycles. The molecular formula is C16H16N6OS. The van der Waals surface area contributed by atoms with Gasteiger partial charge in [-0.1, -0.05) is 11.8 Å². The molecule has 122 valence electrons. The minimum Gasteiger partial charge on any atom is -0.351 e. The average molecular weight is 340 g/mol. The molecule has 8 heteroatoms. The smallest absolute Gasteiger partial charge is 0.254 e. The highest BCUT2D eigenvalue weighted by molar-refractivity contribution is 7.99. The minimum atomic E-state index is -0.187. The lowest BCUT2D eigenvalue weighted by molar-refractivity contribution is 0.0955. The van der Waals surface area contributed by atoms with Crippen molar-refractivity contribution in [3.8, 4) is 11.4 Å². The van der Waals surface area contributed by atoms with Gasteiger partial charge in [-0.3, -0.25) is 9.78 Å². The maximum atomic E-state index is 12.1. The van der Waals surface area contributed by atoms with Crippen molar-refractivity contribution in [3.63, 3.8) is 0 Å². The molecule has 0 aliphatic rings. The number of imidazole rings is 1. The fraction of sp³-hybridized carbons (Fsp3) is 0.188. The fourth-order valence-electron chi connectivity index (χ4n) is 1.99. The number of amides is 1. The van der Waals surface area contributed by atoms with Gasteiger partial charge >= 0.3 is 0 Å². The van der Waals surface area contributed by atoms with Crippen LogP contribution in [0.2, 0.25) is 0 Å². The molecule has 1 amide bonds. The Bertz CT molecular complexity index is 803. The van der Waals surface area contributed by atoms with Gasteiger partial charge in [0.2, 0.25) is 0 Å². The predicted molar refractivity (Wildman–Crippen MR) is 91.5 cm³/mol. The van der Waals surface area contributed by atoms with Gasteiger partial charge in [0, 0.05) is 62.1 Å². The maximum Gasteiger partial charge on any atom is 0.254 e. The van der Waals surface area contributed by atoms with E-state index in [9.17, 15) is 4.79 Å². The number of nitrogens with zero attached hydrogens (tertiary/aromatic N) is 5. The van der Waals surface area contributed by atoms with Crippen LogP contribution in [0.5, 0.6) is 0 Å². The van der Waals surface area contributed by atoms with E-state index >= 15 is 0 Å². The van der Waals surface area contributed by atoms with Crippen LogP contribution in [0, 0.1) is 0 Å². The normalized spacial score (nSPS) is 10.5. The Morgan fingerprint density at radius 2 is 2.04 bits per heavy atom. The fourth-order valence-corrected chi connectivity index (χ4v) is 2.78. The van der Waals surface area contributed by atoms with E-state index in [1.165, 1.54) is 12.4 Å². The summed E-state index contributed by atoms with van der Waals surface area (Å²) in [7, 11) is 1.94. The van der Waals surface area contributed by atoms with Gasteiger partial charge in [-0.15, -0.1) is 0 Å². The van der Waals surface area contributed by atoms with Crippen molar-refractivity contribution in [2.24, 2.45) is 7.05 Å². The van der Waals surface area contributed by atoms with Crippen LogP contribution in [-0.4, -0.2) is 42.7 Å². The van der Waals surface area contributed by atoms with Crippen molar-refractivity contribution in [1.29, 1.82) is 0 Å². The van der Waals surface area contributed by atoms with Crippen molar-refractivity contribution < 1.29 is 4.79 Å². The first-order valence-corrected chi connectivity index (χ1v) is 8.33. The molecule has 0 spiro atoms. The zero-order valence-electron chi connectivity index (χ0n) is 13.1. The minimum absolute atomic E-state index is 0.187. The summed E-state index contributed by atoms with van der Waals surface area (Å²) in [6.45, 7) is 0.542. The van der Waals surface area contributed by atoms with Crippen LogP contribution in [-0.2, 0) is 7.05 Å². The number of hydrogen-bond donors (Lipinski definition) is 1. The first kappa shape index (κ1) is 16.1. The third kappa shape index (κ3) is 3.96. The van der Waals surface area contributed by atoms with E-state index in [-0.39, 0.29) is 5.91 Å². The summed E-state index contributed by atoms with van der Waals surface area (Å²) in [5.74, 6) is 1.10. The molecule has 1 N–H and O–H groups in total. The molecule has 0 bridgehead atoms. The van der Waals surface area contributed by atoms with Crippen LogP contribution in [0.1, 0.15) is 10.4 Å². The Morgan fingerprint density at radius 3 is 2.71 bits per heavy atom. The van der Waals surface area contributed by atoms with E-state index in [2.05, 4.69) is 25.3 Å². The number of aromatic nitrogens is 5. The van der Waals surface area contributed by atoms with Gasteiger partial charge < -0.3 is 9.88 Å². The summed E-state index contributed by atoms with van der Waals surface area (Å²) < 4.78 is 1.94. The van der Waals surface area contributed by atoms with E-state index < -0.39 is 0 Å². The number of hydrogen-bond acceptors (Lipinski definition) is 6. The highest BCUT2D eigenvalue weighted by atomic mass is 32.2. The van der Waals surface area contributed by atoms with Gasteiger partial charge in [0.05, 0.1) is 5.56 Å². The molecule has 0 aliphatic carbocycles. The monoisotopic (exact) mass is 340 g/mol. The molecule has 0 atom stereocenters. The molecule has 0 radical (unpaired) electrons. The van der Waals surface area contributed by atoms with Gasteiger partial charge in [-0.2, -0.15) is 0 Å². The lowest BCUT2D eigenvalue weighted by Crippen LogP contribution is -2.26. The van der Waals surface area contributed by atoms with E-state index in [4.69, 9.17) is 0 Å². The second kappa shape index (κ2) is 7.69. The molecular weight excluding hydrogens is 324 g/mol. The van der Waals surface area contributed by atoms with Gasteiger partial charge in [0.25, 0.3) is 5.91 Å². The number of rotatable bonds is 6. The molecule has 3 aromatic heterocycles. The topological polar surface area (TPSA) is 85.6 Å². The summed E-state index contributed by atoms with van der Waals surface area (Å²) >= 11 is 1.59. The second-order valence-electron chi connectivity index (χ2n) is 4.96. The number of aryl methyl sites for hydroxylation is 1. The zero-order chi connectivity index (χ0) is 16.8.